The van der Waals surface area contributed by atoms with Crippen molar-refractivity contribution in [1.29, 1.82) is 0 Å². The van der Waals surface area contributed by atoms with Crippen LogP contribution in [0.5, 0.6) is 0 Å². The average Bonchev–Trinajstić information content (AvgIpc) is 3.36. The first-order valence-corrected chi connectivity index (χ1v) is 30.6. The van der Waals surface area contributed by atoms with E-state index < -0.39 is 49.5 Å². The Labute approximate surface area is 432 Å². The third-order valence-electron chi connectivity index (χ3n) is 14.8. The number of amides is 1. The van der Waals surface area contributed by atoms with E-state index in [0.29, 0.717) is 6.42 Å². The van der Waals surface area contributed by atoms with Crippen molar-refractivity contribution in [3.8, 4) is 0 Å². The van der Waals surface area contributed by atoms with Gasteiger partial charge in [0, 0.05) is 6.42 Å². The second-order valence-corrected chi connectivity index (χ2v) is 21.5. The van der Waals surface area contributed by atoms with Crippen molar-refractivity contribution in [2.24, 2.45) is 0 Å². The molecule has 1 aliphatic heterocycles. The lowest BCUT2D eigenvalue weighted by atomic mass is 9.99. The SMILES string of the molecule is CCCCCCCCCC/C=C/CC/C=C/C(O)C(COC1OC(CO)C(O)C(O)C1O)NC(=O)CCCCCCCCCCCCCCCCCCCCCCCCCCCCCCCCCCC. The van der Waals surface area contributed by atoms with Gasteiger partial charge in [0.25, 0.3) is 0 Å². The minimum atomic E-state index is -1.57. The molecule has 9 nitrogen and oxygen atoms in total. The smallest absolute Gasteiger partial charge is 0.220 e. The lowest BCUT2D eigenvalue weighted by Crippen LogP contribution is -2.60. The minimum absolute atomic E-state index is 0.181. The summed E-state index contributed by atoms with van der Waals surface area (Å²) in [4.78, 5) is 13.0. The number of unbranched alkanes of at least 4 members (excludes halogenated alkanes) is 41. The van der Waals surface area contributed by atoms with Crippen LogP contribution in [0.3, 0.4) is 0 Å². The third kappa shape index (κ3) is 40.1. The number of hydrogen-bond donors (Lipinski definition) is 6. The highest BCUT2D eigenvalue weighted by atomic mass is 16.7. The van der Waals surface area contributed by atoms with E-state index in [2.05, 4.69) is 31.3 Å². The second-order valence-electron chi connectivity index (χ2n) is 21.5. The predicted molar refractivity (Wildman–Crippen MR) is 295 cm³/mol. The lowest BCUT2D eigenvalue weighted by molar-refractivity contribution is -0.302. The molecule has 1 rings (SSSR count). The molecule has 7 unspecified atom stereocenters. The highest BCUT2D eigenvalue weighted by molar-refractivity contribution is 5.76. The molecule has 1 saturated heterocycles. The molecule has 1 heterocycles. The summed E-state index contributed by atoms with van der Waals surface area (Å²) < 4.78 is 11.2. The largest absolute Gasteiger partial charge is 0.394 e. The van der Waals surface area contributed by atoms with Crippen molar-refractivity contribution in [2.75, 3.05) is 13.2 Å². The van der Waals surface area contributed by atoms with E-state index >= 15 is 0 Å². The minimum Gasteiger partial charge on any atom is -0.394 e. The number of nitrogens with one attached hydrogen (secondary N) is 1. The van der Waals surface area contributed by atoms with Crippen LogP contribution in [0.4, 0.5) is 0 Å². The Balaban J connectivity index is 2.10. The van der Waals surface area contributed by atoms with E-state index in [9.17, 15) is 30.3 Å². The van der Waals surface area contributed by atoms with E-state index in [1.165, 1.54) is 244 Å². The molecule has 1 fully saturated rings. The van der Waals surface area contributed by atoms with Crippen molar-refractivity contribution in [3.63, 3.8) is 0 Å². The normalized spacial score (nSPS) is 19.4. The van der Waals surface area contributed by atoms with Crippen molar-refractivity contribution in [3.05, 3.63) is 24.3 Å². The van der Waals surface area contributed by atoms with Gasteiger partial charge in [0.15, 0.2) is 6.29 Å². The van der Waals surface area contributed by atoms with E-state index in [1.807, 2.05) is 6.08 Å². The summed E-state index contributed by atoms with van der Waals surface area (Å²) >= 11 is 0. The van der Waals surface area contributed by atoms with Crippen LogP contribution in [0.2, 0.25) is 0 Å². The monoisotopic (exact) mass is 992 g/mol. The summed E-state index contributed by atoms with van der Waals surface area (Å²) in [5, 5.41) is 54.4. The molecule has 0 spiro atoms. The number of allylic oxidation sites excluding steroid dienone is 3. The molecule has 70 heavy (non-hydrogen) atoms. The van der Waals surface area contributed by atoms with E-state index in [-0.39, 0.29) is 12.5 Å². The van der Waals surface area contributed by atoms with Gasteiger partial charge >= 0.3 is 0 Å². The number of carbonyl (C=O) groups is 1. The average molecular weight is 993 g/mol. The van der Waals surface area contributed by atoms with Crippen LogP contribution < -0.4 is 5.32 Å². The van der Waals surface area contributed by atoms with Gasteiger partial charge in [-0.3, -0.25) is 4.79 Å². The first kappa shape index (κ1) is 66.7. The molecular weight excluding hydrogens is 875 g/mol. The van der Waals surface area contributed by atoms with Crippen molar-refractivity contribution in [2.45, 2.75) is 346 Å². The zero-order valence-electron chi connectivity index (χ0n) is 46.0. The van der Waals surface area contributed by atoms with Gasteiger partial charge in [-0.25, -0.2) is 0 Å². The molecule has 9 heteroatoms. The van der Waals surface area contributed by atoms with Crippen LogP contribution in [-0.2, 0) is 14.3 Å². The summed E-state index contributed by atoms with van der Waals surface area (Å²) in [5.74, 6) is -0.181. The van der Waals surface area contributed by atoms with Crippen molar-refractivity contribution in [1.82, 2.24) is 5.32 Å². The first-order chi connectivity index (χ1) is 34.3. The Hall–Kier alpha value is -1.33. The molecule has 0 aromatic carbocycles. The van der Waals surface area contributed by atoms with Crippen LogP contribution in [-0.4, -0.2) is 87.5 Å². The van der Waals surface area contributed by atoms with Gasteiger partial charge in [0.05, 0.1) is 25.4 Å². The molecule has 0 radical (unpaired) electrons. The van der Waals surface area contributed by atoms with E-state index in [4.69, 9.17) is 9.47 Å². The highest BCUT2D eigenvalue weighted by Crippen LogP contribution is 2.23. The predicted octanol–water partition coefficient (Wildman–Crippen LogP) is 15.4. The number of aliphatic hydroxyl groups excluding tert-OH is 5. The third-order valence-corrected chi connectivity index (χ3v) is 14.8. The number of ether oxygens (including phenoxy) is 2. The molecule has 1 amide bonds. The Morgan fingerprint density at radius 2 is 0.814 bits per heavy atom. The fourth-order valence-corrected chi connectivity index (χ4v) is 9.94. The molecular formula is C61H117NO8. The van der Waals surface area contributed by atoms with Gasteiger partial charge in [0.1, 0.15) is 24.4 Å². The molecule has 1 aliphatic rings. The van der Waals surface area contributed by atoms with Crippen LogP contribution in [0.15, 0.2) is 24.3 Å². The Morgan fingerprint density at radius 3 is 1.20 bits per heavy atom. The van der Waals surface area contributed by atoms with Gasteiger partial charge in [-0.05, 0) is 32.1 Å². The zero-order valence-corrected chi connectivity index (χ0v) is 46.0. The molecule has 0 aliphatic carbocycles. The lowest BCUT2D eigenvalue weighted by Gasteiger charge is -2.40. The number of rotatable bonds is 53. The van der Waals surface area contributed by atoms with Crippen LogP contribution in [0, 0.1) is 0 Å². The van der Waals surface area contributed by atoms with Crippen molar-refractivity contribution >= 4 is 5.91 Å². The molecule has 0 saturated carbocycles. The highest BCUT2D eigenvalue weighted by Gasteiger charge is 2.44. The molecule has 7 atom stereocenters. The molecule has 0 aromatic heterocycles. The maximum absolute atomic E-state index is 13.0. The molecule has 414 valence electrons. The molecule has 0 bridgehead atoms. The van der Waals surface area contributed by atoms with Crippen LogP contribution >= 0.6 is 0 Å². The van der Waals surface area contributed by atoms with E-state index in [0.717, 1.165) is 38.5 Å². The summed E-state index contributed by atoms with van der Waals surface area (Å²) in [7, 11) is 0. The van der Waals surface area contributed by atoms with Gasteiger partial charge in [-0.15, -0.1) is 0 Å². The van der Waals surface area contributed by atoms with Gasteiger partial charge in [0.2, 0.25) is 5.91 Å². The standard InChI is InChI=1S/C61H117NO8/c1-3-5-7-9-11-13-15-17-19-20-21-22-23-24-25-26-27-28-29-30-31-32-33-34-35-36-37-39-41-43-45-47-49-51-57(65)62-54(53-69-61-60(68)59(67)58(66)56(52-63)70-61)55(64)50-48-46-44-42-40-38-18-16-14-12-10-8-6-4-2/h40,42,48,50,54-56,58-61,63-64,66-68H,3-39,41,43-47,49,51-53H2,1-2H3,(H,62,65)/b42-40+,50-48+. The van der Waals surface area contributed by atoms with Crippen LogP contribution in [0.25, 0.3) is 0 Å². The van der Waals surface area contributed by atoms with E-state index in [1.54, 1.807) is 6.08 Å². The van der Waals surface area contributed by atoms with Gasteiger partial charge in [-0.1, -0.05) is 289 Å². The number of hydrogen-bond acceptors (Lipinski definition) is 8. The fourth-order valence-electron chi connectivity index (χ4n) is 9.94. The van der Waals surface area contributed by atoms with Gasteiger partial charge < -0.3 is 40.3 Å². The number of carbonyl (C=O) groups excluding carboxylic acids is 1. The quantitative estimate of drug-likeness (QED) is 0.0261. The van der Waals surface area contributed by atoms with Crippen molar-refractivity contribution < 1.29 is 39.8 Å². The second kappa shape index (κ2) is 51.2. The summed E-state index contributed by atoms with van der Waals surface area (Å²) in [6.07, 6.45) is 58.5. The summed E-state index contributed by atoms with van der Waals surface area (Å²) in [5.41, 5.74) is 0. The summed E-state index contributed by atoms with van der Waals surface area (Å²) in [6, 6.07) is -0.818. The Bertz CT molecular complexity index is 1150. The topological polar surface area (TPSA) is 149 Å². The fraction of sp³-hybridized carbons (Fsp3) is 0.918. The Morgan fingerprint density at radius 1 is 0.471 bits per heavy atom. The molecule has 0 aromatic rings. The van der Waals surface area contributed by atoms with Crippen LogP contribution in [0.1, 0.15) is 303 Å². The molecule has 6 N–H and O–H groups in total. The van der Waals surface area contributed by atoms with Gasteiger partial charge in [-0.2, -0.15) is 0 Å². The summed E-state index contributed by atoms with van der Waals surface area (Å²) in [6.45, 7) is 3.79. The number of aliphatic hydroxyl groups is 5. The maximum Gasteiger partial charge on any atom is 0.220 e. The Kier molecular flexibility index (Phi) is 48.7. The maximum atomic E-state index is 13.0. The zero-order chi connectivity index (χ0) is 50.8. The first-order valence-electron chi connectivity index (χ1n) is 30.6.